The van der Waals surface area contributed by atoms with Gasteiger partial charge in [-0.3, -0.25) is 0 Å². The average Bonchev–Trinajstić information content (AvgIpc) is 3.31. The largest absolute Gasteiger partial charge is 0.475 e. The van der Waals surface area contributed by atoms with E-state index >= 15 is 0 Å². The van der Waals surface area contributed by atoms with Gasteiger partial charge in [-0.15, -0.1) is 0 Å². The monoisotopic (exact) mass is 384 g/mol. The summed E-state index contributed by atoms with van der Waals surface area (Å²) in [6, 6.07) is 6.09. The number of carbonyl (C=O) groups is 1. The molecule has 1 aliphatic carbocycles. The van der Waals surface area contributed by atoms with Crippen LogP contribution in [-0.2, 0) is 9.53 Å². The normalized spacial score (nSPS) is 19.4. The first-order valence-corrected chi connectivity index (χ1v) is 10.2. The van der Waals surface area contributed by atoms with E-state index < -0.39 is 6.10 Å². The van der Waals surface area contributed by atoms with Crippen LogP contribution in [0.15, 0.2) is 22.7 Å². The number of nitrogens with zero attached hydrogens (tertiary/aromatic N) is 2. The Kier molecular flexibility index (Phi) is 5.29. The van der Waals surface area contributed by atoms with Crippen molar-refractivity contribution < 1.29 is 18.8 Å². The second-order valence-corrected chi connectivity index (χ2v) is 7.80. The van der Waals surface area contributed by atoms with Gasteiger partial charge in [-0.1, -0.05) is 24.1 Å². The van der Waals surface area contributed by atoms with Gasteiger partial charge in [-0.25, -0.2) is 4.79 Å². The van der Waals surface area contributed by atoms with Gasteiger partial charge in [0.05, 0.1) is 24.5 Å². The molecule has 1 aromatic carbocycles. The van der Waals surface area contributed by atoms with Gasteiger partial charge in [-0.2, -0.15) is 0 Å². The lowest BCUT2D eigenvalue weighted by Crippen LogP contribution is -2.46. The molecule has 1 atom stereocenters. The summed E-state index contributed by atoms with van der Waals surface area (Å²) in [6.07, 6.45) is 4.50. The van der Waals surface area contributed by atoms with E-state index in [0.717, 1.165) is 40.6 Å². The van der Waals surface area contributed by atoms with Crippen molar-refractivity contribution in [2.75, 3.05) is 24.6 Å². The molecular weight excluding hydrogens is 356 g/mol. The molecule has 1 aliphatic heterocycles. The molecule has 0 spiro atoms. The first kappa shape index (κ1) is 18.8. The molecule has 1 aromatic heterocycles. The van der Waals surface area contributed by atoms with Crippen molar-refractivity contribution in [3.8, 4) is 16.9 Å². The lowest BCUT2D eigenvalue weighted by atomic mass is 10.0. The Bertz CT molecular complexity index is 835. The van der Waals surface area contributed by atoms with Crippen LogP contribution in [0.3, 0.4) is 0 Å². The summed E-state index contributed by atoms with van der Waals surface area (Å²) in [5.41, 5.74) is 3.99. The predicted molar refractivity (Wildman–Crippen MR) is 107 cm³/mol. The number of ether oxygens (including phenoxy) is 2. The fourth-order valence-corrected chi connectivity index (χ4v) is 4.44. The molecule has 0 bridgehead atoms. The Balaban J connectivity index is 1.68. The van der Waals surface area contributed by atoms with Crippen LogP contribution in [0.1, 0.15) is 44.1 Å². The summed E-state index contributed by atoms with van der Waals surface area (Å²) in [6.45, 7) is 7.53. The number of aryl methyl sites for hydroxylation is 2. The standard InChI is InChI=1S/C22H28N2O4/c1-4-26-22(25)20-13-24(12-16-7-5-6-8-16)18-11-17(9-10-19(18)27-20)21-14(2)23-28-15(21)3/h9-11,16,20H,4-8,12-13H2,1-3H3. The summed E-state index contributed by atoms with van der Waals surface area (Å²) in [7, 11) is 0. The van der Waals surface area contributed by atoms with Crippen LogP contribution in [0.4, 0.5) is 5.69 Å². The molecule has 2 aliphatic rings. The molecule has 2 heterocycles. The minimum absolute atomic E-state index is 0.292. The first-order chi connectivity index (χ1) is 13.6. The molecule has 6 nitrogen and oxygen atoms in total. The Hall–Kier alpha value is -2.50. The van der Waals surface area contributed by atoms with Crippen molar-refractivity contribution in [3.63, 3.8) is 0 Å². The number of carbonyl (C=O) groups excluding carboxylic acids is 1. The minimum Gasteiger partial charge on any atom is -0.475 e. The number of fused-ring (bicyclic) bond motifs is 1. The van der Waals surface area contributed by atoms with Gasteiger partial charge >= 0.3 is 5.97 Å². The van der Waals surface area contributed by atoms with Crippen molar-refractivity contribution in [1.29, 1.82) is 0 Å². The SMILES string of the molecule is CCOC(=O)C1CN(CC2CCCC2)c2cc(-c3c(C)noc3C)ccc2O1. The van der Waals surface area contributed by atoms with E-state index in [9.17, 15) is 4.79 Å². The Morgan fingerprint density at radius 3 is 2.75 bits per heavy atom. The molecule has 0 amide bonds. The van der Waals surface area contributed by atoms with E-state index in [4.69, 9.17) is 14.0 Å². The van der Waals surface area contributed by atoms with Gasteiger partial charge in [0.15, 0.2) is 0 Å². The summed E-state index contributed by atoms with van der Waals surface area (Å²) in [4.78, 5) is 14.6. The van der Waals surface area contributed by atoms with Crippen LogP contribution in [0, 0.1) is 19.8 Å². The Morgan fingerprint density at radius 2 is 2.07 bits per heavy atom. The molecule has 1 saturated carbocycles. The highest BCUT2D eigenvalue weighted by Gasteiger charge is 2.33. The van der Waals surface area contributed by atoms with Gasteiger partial charge in [-0.05, 0) is 57.2 Å². The molecule has 0 saturated heterocycles. The van der Waals surface area contributed by atoms with E-state index in [-0.39, 0.29) is 5.97 Å². The first-order valence-electron chi connectivity index (χ1n) is 10.2. The number of anilines is 1. The molecular formula is C22H28N2O4. The number of benzene rings is 1. The van der Waals surface area contributed by atoms with Crippen LogP contribution in [0.25, 0.3) is 11.1 Å². The lowest BCUT2D eigenvalue weighted by Gasteiger charge is -2.37. The zero-order valence-electron chi connectivity index (χ0n) is 16.9. The fourth-order valence-electron chi connectivity index (χ4n) is 4.44. The zero-order valence-corrected chi connectivity index (χ0v) is 16.9. The van der Waals surface area contributed by atoms with Gasteiger partial charge < -0.3 is 18.9 Å². The number of hydrogen-bond donors (Lipinski definition) is 0. The van der Waals surface area contributed by atoms with Crippen LogP contribution < -0.4 is 9.64 Å². The second-order valence-electron chi connectivity index (χ2n) is 7.80. The van der Waals surface area contributed by atoms with Gasteiger partial charge in [0.2, 0.25) is 6.10 Å². The summed E-state index contributed by atoms with van der Waals surface area (Å²) < 4.78 is 16.6. The zero-order chi connectivity index (χ0) is 19.7. The third kappa shape index (κ3) is 3.60. The maximum absolute atomic E-state index is 12.3. The highest BCUT2D eigenvalue weighted by molar-refractivity contribution is 5.80. The van der Waals surface area contributed by atoms with Gasteiger partial charge in [0.1, 0.15) is 11.5 Å². The van der Waals surface area contributed by atoms with E-state index in [1.807, 2.05) is 32.9 Å². The summed E-state index contributed by atoms with van der Waals surface area (Å²) in [5, 5.41) is 4.08. The highest BCUT2D eigenvalue weighted by atomic mass is 16.6. The van der Waals surface area contributed by atoms with E-state index in [1.54, 1.807) is 0 Å². The number of aromatic nitrogens is 1. The lowest BCUT2D eigenvalue weighted by molar-refractivity contribution is -0.151. The van der Waals surface area contributed by atoms with E-state index in [0.29, 0.717) is 19.1 Å². The van der Waals surface area contributed by atoms with Crippen LogP contribution in [-0.4, -0.2) is 36.9 Å². The van der Waals surface area contributed by atoms with E-state index in [2.05, 4.69) is 16.1 Å². The maximum atomic E-state index is 12.3. The second kappa shape index (κ2) is 7.86. The molecule has 1 fully saturated rings. The Morgan fingerprint density at radius 1 is 1.29 bits per heavy atom. The smallest absolute Gasteiger partial charge is 0.349 e. The molecule has 0 N–H and O–H groups in total. The predicted octanol–water partition coefficient (Wildman–Crippen LogP) is 4.28. The number of rotatable bonds is 5. The Labute approximate surface area is 165 Å². The summed E-state index contributed by atoms with van der Waals surface area (Å²) >= 11 is 0. The van der Waals surface area contributed by atoms with Gasteiger partial charge in [0, 0.05) is 12.1 Å². The number of hydrogen-bond acceptors (Lipinski definition) is 6. The fraction of sp³-hybridized carbons (Fsp3) is 0.545. The van der Waals surface area contributed by atoms with Crippen LogP contribution in [0.5, 0.6) is 5.75 Å². The van der Waals surface area contributed by atoms with Crippen LogP contribution in [0.2, 0.25) is 0 Å². The molecule has 4 rings (SSSR count). The molecule has 150 valence electrons. The van der Waals surface area contributed by atoms with Crippen molar-refractivity contribution in [3.05, 3.63) is 29.7 Å². The minimum atomic E-state index is -0.584. The molecule has 6 heteroatoms. The average molecular weight is 384 g/mol. The van der Waals surface area contributed by atoms with Crippen molar-refractivity contribution in [1.82, 2.24) is 5.16 Å². The molecule has 28 heavy (non-hydrogen) atoms. The van der Waals surface area contributed by atoms with Crippen molar-refractivity contribution >= 4 is 11.7 Å². The van der Waals surface area contributed by atoms with Crippen molar-refractivity contribution in [2.24, 2.45) is 5.92 Å². The topological polar surface area (TPSA) is 64.8 Å². The third-order valence-corrected chi connectivity index (χ3v) is 5.78. The quantitative estimate of drug-likeness (QED) is 0.717. The van der Waals surface area contributed by atoms with E-state index in [1.165, 1.54) is 25.7 Å². The van der Waals surface area contributed by atoms with Crippen LogP contribution >= 0.6 is 0 Å². The third-order valence-electron chi connectivity index (χ3n) is 5.78. The van der Waals surface area contributed by atoms with Crippen molar-refractivity contribution in [2.45, 2.75) is 52.6 Å². The highest BCUT2D eigenvalue weighted by Crippen LogP contribution is 2.40. The molecule has 2 aromatic rings. The van der Waals surface area contributed by atoms with Gasteiger partial charge in [0.25, 0.3) is 0 Å². The molecule has 1 unspecified atom stereocenters. The summed E-state index contributed by atoms with van der Waals surface area (Å²) in [5.74, 6) is 1.91. The maximum Gasteiger partial charge on any atom is 0.349 e. The number of esters is 1. The molecule has 0 radical (unpaired) electrons.